The zero-order valence-corrected chi connectivity index (χ0v) is 15.2. The minimum Gasteiger partial charge on any atom is -0.383 e. The molecule has 0 saturated carbocycles. The third-order valence-corrected chi connectivity index (χ3v) is 4.38. The molecule has 0 amide bonds. The molecule has 2 rings (SSSR count). The molecule has 2 N–H and O–H groups in total. The standard InChI is InChI=1S/C17H27ClN4O2/c1-19-17(20-7-10-23-2)21-13-16(22-8-11-24-12-9-22)14-5-3-4-6-15(14)18/h3-6,16H,7-13H2,1-2H3,(H2,19,20,21). The molecule has 1 unspecified atom stereocenters. The number of benzene rings is 1. The number of rotatable bonds is 7. The lowest BCUT2D eigenvalue weighted by molar-refractivity contribution is 0.0170. The Morgan fingerprint density at radius 1 is 1.33 bits per heavy atom. The van der Waals surface area contributed by atoms with Gasteiger partial charge in [-0.2, -0.15) is 0 Å². The van der Waals surface area contributed by atoms with Crippen LogP contribution >= 0.6 is 11.6 Å². The second-order valence-electron chi connectivity index (χ2n) is 5.56. The van der Waals surface area contributed by atoms with Gasteiger partial charge in [0.1, 0.15) is 0 Å². The maximum absolute atomic E-state index is 6.44. The summed E-state index contributed by atoms with van der Waals surface area (Å²) in [6, 6.07) is 8.19. The quantitative estimate of drug-likeness (QED) is 0.442. The maximum Gasteiger partial charge on any atom is 0.191 e. The van der Waals surface area contributed by atoms with Crippen LogP contribution in [0.15, 0.2) is 29.3 Å². The van der Waals surface area contributed by atoms with Gasteiger partial charge < -0.3 is 20.1 Å². The van der Waals surface area contributed by atoms with Gasteiger partial charge in [0.2, 0.25) is 0 Å². The average Bonchev–Trinajstić information content (AvgIpc) is 2.62. The second kappa shape index (κ2) is 10.5. The average molecular weight is 355 g/mol. The zero-order chi connectivity index (χ0) is 17.2. The van der Waals surface area contributed by atoms with Gasteiger partial charge in [-0.15, -0.1) is 0 Å². The Morgan fingerprint density at radius 2 is 2.08 bits per heavy atom. The normalized spacial score (nSPS) is 17.5. The van der Waals surface area contributed by atoms with Crippen LogP contribution in [0.1, 0.15) is 11.6 Å². The number of methoxy groups -OCH3 is 1. The summed E-state index contributed by atoms with van der Waals surface area (Å²) in [6.07, 6.45) is 0. The van der Waals surface area contributed by atoms with E-state index >= 15 is 0 Å². The lowest BCUT2D eigenvalue weighted by Crippen LogP contribution is -2.46. The van der Waals surface area contributed by atoms with E-state index in [1.165, 1.54) is 0 Å². The van der Waals surface area contributed by atoms with Crippen LogP contribution in [0, 0.1) is 0 Å². The predicted octanol–water partition coefficient (Wildman–Crippen LogP) is 1.52. The fourth-order valence-corrected chi connectivity index (χ4v) is 3.02. The Balaban J connectivity index is 2.04. The van der Waals surface area contributed by atoms with Gasteiger partial charge in [-0.1, -0.05) is 29.8 Å². The number of guanidine groups is 1. The number of hydrogen-bond acceptors (Lipinski definition) is 4. The molecule has 7 heteroatoms. The molecule has 1 saturated heterocycles. The summed E-state index contributed by atoms with van der Waals surface area (Å²) < 4.78 is 10.5. The van der Waals surface area contributed by atoms with E-state index in [0.717, 1.165) is 49.4 Å². The second-order valence-corrected chi connectivity index (χ2v) is 5.97. The highest BCUT2D eigenvalue weighted by Crippen LogP contribution is 2.27. The molecule has 1 heterocycles. The summed E-state index contributed by atoms with van der Waals surface area (Å²) in [5.41, 5.74) is 1.13. The van der Waals surface area contributed by atoms with Crippen molar-refractivity contribution in [2.45, 2.75) is 6.04 Å². The van der Waals surface area contributed by atoms with E-state index in [1.807, 2.05) is 18.2 Å². The molecule has 1 atom stereocenters. The van der Waals surface area contributed by atoms with Crippen LogP contribution in [0.5, 0.6) is 0 Å². The Labute approximate surface area is 149 Å². The van der Waals surface area contributed by atoms with Crippen LogP contribution in [0.2, 0.25) is 5.02 Å². The van der Waals surface area contributed by atoms with Gasteiger partial charge in [0.25, 0.3) is 0 Å². The summed E-state index contributed by atoms with van der Waals surface area (Å²) in [4.78, 5) is 6.66. The minimum absolute atomic E-state index is 0.170. The van der Waals surface area contributed by atoms with Crippen molar-refractivity contribution in [2.75, 3.05) is 60.2 Å². The molecule has 1 aliphatic rings. The number of aliphatic imine (C=N–C) groups is 1. The lowest BCUT2D eigenvalue weighted by atomic mass is 10.0. The monoisotopic (exact) mass is 354 g/mol. The maximum atomic E-state index is 6.44. The molecule has 0 aliphatic carbocycles. The first kappa shape index (κ1) is 19.0. The summed E-state index contributed by atoms with van der Waals surface area (Å²) in [5, 5.41) is 7.42. The van der Waals surface area contributed by atoms with E-state index in [-0.39, 0.29) is 6.04 Å². The molecule has 0 bridgehead atoms. The SMILES string of the molecule is CN=C(NCCOC)NCC(c1ccccc1Cl)N1CCOCC1. The molecule has 0 radical (unpaired) electrons. The topological polar surface area (TPSA) is 58.1 Å². The third-order valence-electron chi connectivity index (χ3n) is 4.04. The van der Waals surface area contributed by atoms with Crippen molar-refractivity contribution < 1.29 is 9.47 Å². The highest BCUT2D eigenvalue weighted by atomic mass is 35.5. The van der Waals surface area contributed by atoms with E-state index in [4.69, 9.17) is 21.1 Å². The largest absolute Gasteiger partial charge is 0.383 e. The van der Waals surface area contributed by atoms with Crippen molar-refractivity contribution >= 4 is 17.6 Å². The van der Waals surface area contributed by atoms with Crippen molar-refractivity contribution in [3.63, 3.8) is 0 Å². The Morgan fingerprint density at radius 3 is 2.75 bits per heavy atom. The van der Waals surface area contributed by atoms with E-state index in [2.05, 4.69) is 26.6 Å². The Bertz CT molecular complexity index is 521. The van der Waals surface area contributed by atoms with Crippen molar-refractivity contribution in [1.29, 1.82) is 0 Å². The van der Waals surface area contributed by atoms with E-state index < -0.39 is 0 Å². The Kier molecular flexibility index (Phi) is 8.32. The van der Waals surface area contributed by atoms with Crippen molar-refractivity contribution in [3.8, 4) is 0 Å². The van der Waals surface area contributed by atoms with E-state index in [1.54, 1.807) is 14.2 Å². The molecule has 1 fully saturated rings. The van der Waals surface area contributed by atoms with Crippen LogP contribution in [0.3, 0.4) is 0 Å². The lowest BCUT2D eigenvalue weighted by Gasteiger charge is -2.35. The third kappa shape index (κ3) is 5.63. The fraction of sp³-hybridized carbons (Fsp3) is 0.588. The Hall–Kier alpha value is -1.34. The number of hydrogen-bond donors (Lipinski definition) is 2. The smallest absolute Gasteiger partial charge is 0.191 e. The first-order chi connectivity index (χ1) is 11.8. The number of nitrogens with zero attached hydrogens (tertiary/aromatic N) is 2. The van der Waals surface area contributed by atoms with Crippen molar-refractivity contribution in [1.82, 2.24) is 15.5 Å². The molecule has 1 aliphatic heterocycles. The zero-order valence-electron chi connectivity index (χ0n) is 14.4. The first-order valence-electron chi connectivity index (χ1n) is 8.26. The van der Waals surface area contributed by atoms with Crippen molar-refractivity contribution in [3.05, 3.63) is 34.9 Å². The van der Waals surface area contributed by atoms with Gasteiger partial charge in [0.05, 0.1) is 25.9 Å². The highest BCUT2D eigenvalue weighted by Gasteiger charge is 2.24. The van der Waals surface area contributed by atoms with Crippen LogP contribution < -0.4 is 10.6 Å². The fourth-order valence-electron chi connectivity index (χ4n) is 2.76. The molecular formula is C17H27ClN4O2. The van der Waals surface area contributed by atoms with Gasteiger partial charge in [-0.3, -0.25) is 9.89 Å². The summed E-state index contributed by atoms with van der Waals surface area (Å²) in [7, 11) is 3.45. The van der Waals surface area contributed by atoms with Gasteiger partial charge in [0, 0.05) is 45.4 Å². The number of ether oxygens (including phenoxy) is 2. The van der Waals surface area contributed by atoms with Gasteiger partial charge in [-0.05, 0) is 11.6 Å². The molecule has 0 aromatic heterocycles. The van der Waals surface area contributed by atoms with E-state index in [9.17, 15) is 0 Å². The van der Waals surface area contributed by atoms with Crippen LogP contribution in [0.25, 0.3) is 0 Å². The number of nitrogens with one attached hydrogen (secondary N) is 2. The highest BCUT2D eigenvalue weighted by molar-refractivity contribution is 6.31. The molecule has 24 heavy (non-hydrogen) atoms. The summed E-state index contributed by atoms with van der Waals surface area (Å²) in [5.74, 6) is 0.761. The van der Waals surface area contributed by atoms with E-state index in [0.29, 0.717) is 13.2 Å². The van der Waals surface area contributed by atoms with Crippen LogP contribution in [0.4, 0.5) is 0 Å². The summed E-state index contributed by atoms with van der Waals surface area (Å²) in [6.45, 7) is 5.36. The van der Waals surface area contributed by atoms with Crippen LogP contribution in [-0.2, 0) is 9.47 Å². The van der Waals surface area contributed by atoms with Gasteiger partial charge in [0.15, 0.2) is 5.96 Å². The molecule has 1 aromatic carbocycles. The van der Waals surface area contributed by atoms with Gasteiger partial charge in [-0.25, -0.2) is 0 Å². The first-order valence-corrected chi connectivity index (χ1v) is 8.63. The number of morpholine rings is 1. The van der Waals surface area contributed by atoms with Crippen LogP contribution in [-0.4, -0.2) is 71.0 Å². The van der Waals surface area contributed by atoms with Crippen molar-refractivity contribution in [2.24, 2.45) is 4.99 Å². The predicted molar refractivity (Wildman–Crippen MR) is 97.8 cm³/mol. The molecule has 0 spiro atoms. The molecule has 6 nitrogen and oxygen atoms in total. The molecule has 134 valence electrons. The molecular weight excluding hydrogens is 328 g/mol. The minimum atomic E-state index is 0.170. The summed E-state index contributed by atoms with van der Waals surface area (Å²) >= 11 is 6.44. The number of halogens is 1. The molecule has 1 aromatic rings. The van der Waals surface area contributed by atoms with Gasteiger partial charge >= 0.3 is 0 Å².